The van der Waals surface area contributed by atoms with Crippen LogP contribution in [0.3, 0.4) is 0 Å². The Morgan fingerprint density at radius 3 is 2.21 bits per heavy atom. The van der Waals surface area contributed by atoms with Gasteiger partial charge in [-0.2, -0.15) is 10.1 Å². The van der Waals surface area contributed by atoms with Crippen LogP contribution < -0.4 is 10.9 Å². The molecule has 1 aromatic heterocycles. The fourth-order valence-corrected chi connectivity index (χ4v) is 2.62. The van der Waals surface area contributed by atoms with E-state index in [1.165, 1.54) is 23.7 Å². The summed E-state index contributed by atoms with van der Waals surface area (Å²) < 4.78 is 55.1. The highest BCUT2D eigenvalue weighted by Crippen LogP contribution is 2.23. The van der Waals surface area contributed by atoms with Gasteiger partial charge in [-0.3, -0.25) is 4.79 Å². The Labute approximate surface area is 157 Å². The molecule has 0 aliphatic carbocycles. The van der Waals surface area contributed by atoms with Crippen LogP contribution in [0.5, 0.6) is 0 Å². The highest BCUT2D eigenvalue weighted by atomic mass is 19.2. The SMILES string of the molecule is Cc1cc(Nc2nc(=O)c(C)nn2Cc2cc(F)c(F)c(F)c2)c(C)cc1F. The van der Waals surface area contributed by atoms with E-state index < -0.39 is 23.0 Å². The average Bonchev–Trinajstić information content (AvgIpc) is 2.61. The highest BCUT2D eigenvalue weighted by Gasteiger charge is 2.15. The van der Waals surface area contributed by atoms with Crippen LogP contribution in [0.25, 0.3) is 0 Å². The normalized spacial score (nSPS) is 11.0. The number of benzene rings is 2. The average molecular weight is 392 g/mol. The monoisotopic (exact) mass is 392 g/mol. The van der Waals surface area contributed by atoms with Crippen molar-refractivity contribution in [1.82, 2.24) is 14.8 Å². The van der Waals surface area contributed by atoms with Crippen molar-refractivity contribution in [3.05, 3.63) is 80.3 Å². The molecule has 5 nitrogen and oxygen atoms in total. The summed E-state index contributed by atoms with van der Waals surface area (Å²) in [7, 11) is 0. The van der Waals surface area contributed by atoms with E-state index in [1.54, 1.807) is 13.8 Å². The molecule has 0 aliphatic rings. The van der Waals surface area contributed by atoms with Crippen LogP contribution in [-0.2, 0) is 6.54 Å². The van der Waals surface area contributed by atoms with Gasteiger partial charge in [0, 0.05) is 5.69 Å². The molecule has 2 aromatic carbocycles. The van der Waals surface area contributed by atoms with Gasteiger partial charge < -0.3 is 5.32 Å². The molecule has 1 N–H and O–H groups in total. The highest BCUT2D eigenvalue weighted by molar-refractivity contribution is 5.59. The Kier molecular flexibility index (Phi) is 5.17. The standard InChI is InChI=1S/C19H16F4N4O/c1-9-5-16(10(2)4-13(9)20)24-19-25-18(28)11(3)26-27(19)8-12-6-14(21)17(23)15(22)7-12/h4-7H,8H2,1-3H3,(H,24,25,28). The van der Waals surface area contributed by atoms with E-state index in [2.05, 4.69) is 15.4 Å². The van der Waals surface area contributed by atoms with Gasteiger partial charge >= 0.3 is 0 Å². The second kappa shape index (κ2) is 7.41. The summed E-state index contributed by atoms with van der Waals surface area (Å²) >= 11 is 0. The first-order chi connectivity index (χ1) is 13.2. The van der Waals surface area contributed by atoms with E-state index in [-0.39, 0.29) is 29.6 Å². The molecule has 0 saturated heterocycles. The van der Waals surface area contributed by atoms with Crippen LogP contribution in [0.15, 0.2) is 29.1 Å². The van der Waals surface area contributed by atoms with Gasteiger partial charge in [-0.15, -0.1) is 0 Å². The summed E-state index contributed by atoms with van der Waals surface area (Å²) in [5, 5.41) is 6.98. The number of halogens is 4. The van der Waals surface area contributed by atoms with Gasteiger partial charge in [0.2, 0.25) is 5.95 Å². The molecule has 28 heavy (non-hydrogen) atoms. The third-order valence-electron chi connectivity index (χ3n) is 4.16. The number of anilines is 2. The molecule has 0 aliphatic heterocycles. The maximum Gasteiger partial charge on any atom is 0.296 e. The topological polar surface area (TPSA) is 59.8 Å². The first-order valence-electron chi connectivity index (χ1n) is 8.28. The number of nitrogens with zero attached hydrogens (tertiary/aromatic N) is 3. The largest absolute Gasteiger partial charge is 0.324 e. The van der Waals surface area contributed by atoms with Crippen molar-refractivity contribution < 1.29 is 17.6 Å². The van der Waals surface area contributed by atoms with Gasteiger partial charge in [0.05, 0.1) is 6.54 Å². The maximum atomic E-state index is 13.7. The molecular weight excluding hydrogens is 376 g/mol. The summed E-state index contributed by atoms with van der Waals surface area (Å²) in [5.74, 6) is -4.62. The lowest BCUT2D eigenvalue weighted by molar-refractivity contribution is 0.444. The molecule has 0 fully saturated rings. The Hall–Kier alpha value is -3.23. The molecular formula is C19H16F4N4O. The predicted octanol–water partition coefficient (Wildman–Crippen LogP) is 3.91. The van der Waals surface area contributed by atoms with E-state index in [0.717, 1.165) is 12.1 Å². The Bertz CT molecular complexity index is 1100. The van der Waals surface area contributed by atoms with Gasteiger partial charge in [0.25, 0.3) is 5.56 Å². The van der Waals surface area contributed by atoms with Crippen LogP contribution in [0, 0.1) is 44.0 Å². The quantitative estimate of drug-likeness (QED) is 0.540. The van der Waals surface area contributed by atoms with Gasteiger partial charge in [-0.05, 0) is 61.7 Å². The summed E-state index contributed by atoms with van der Waals surface area (Å²) in [6.07, 6.45) is 0. The Balaban J connectivity index is 2.04. The number of nitrogens with one attached hydrogen (secondary N) is 1. The van der Waals surface area contributed by atoms with E-state index >= 15 is 0 Å². The molecule has 0 atom stereocenters. The van der Waals surface area contributed by atoms with Crippen molar-refractivity contribution in [2.75, 3.05) is 5.32 Å². The molecule has 146 valence electrons. The first-order valence-corrected chi connectivity index (χ1v) is 8.28. The third-order valence-corrected chi connectivity index (χ3v) is 4.16. The number of hydrogen-bond acceptors (Lipinski definition) is 4. The van der Waals surface area contributed by atoms with Crippen LogP contribution >= 0.6 is 0 Å². The zero-order valence-corrected chi connectivity index (χ0v) is 15.3. The molecule has 1 heterocycles. The van der Waals surface area contributed by atoms with Gasteiger partial charge in [0.15, 0.2) is 17.5 Å². The maximum absolute atomic E-state index is 13.7. The molecule has 0 amide bonds. The molecule has 0 bridgehead atoms. The lowest BCUT2D eigenvalue weighted by Gasteiger charge is -2.15. The predicted molar refractivity (Wildman–Crippen MR) is 95.6 cm³/mol. The molecule has 0 saturated carbocycles. The Morgan fingerprint density at radius 2 is 1.57 bits per heavy atom. The van der Waals surface area contributed by atoms with Gasteiger partial charge in [-0.25, -0.2) is 22.2 Å². The summed E-state index contributed by atoms with van der Waals surface area (Å²) in [6.45, 7) is 4.51. The zero-order valence-electron chi connectivity index (χ0n) is 15.3. The number of aromatic nitrogens is 3. The summed E-state index contributed by atoms with van der Waals surface area (Å²) in [6, 6.07) is 4.54. The number of aryl methyl sites for hydroxylation is 3. The van der Waals surface area contributed by atoms with Crippen LogP contribution in [-0.4, -0.2) is 14.8 Å². The summed E-state index contributed by atoms with van der Waals surface area (Å²) in [5.41, 5.74) is 0.992. The van der Waals surface area contributed by atoms with Crippen molar-refractivity contribution in [2.24, 2.45) is 0 Å². The molecule has 3 aromatic rings. The van der Waals surface area contributed by atoms with Crippen LogP contribution in [0.1, 0.15) is 22.4 Å². The number of rotatable bonds is 4. The minimum atomic E-state index is -1.57. The van der Waals surface area contributed by atoms with Crippen molar-refractivity contribution in [1.29, 1.82) is 0 Å². The van der Waals surface area contributed by atoms with Crippen LogP contribution in [0.2, 0.25) is 0 Å². The van der Waals surface area contributed by atoms with Crippen molar-refractivity contribution >= 4 is 11.6 Å². The van der Waals surface area contributed by atoms with E-state index in [9.17, 15) is 22.4 Å². The lowest BCUT2D eigenvalue weighted by atomic mass is 10.1. The number of hydrogen-bond donors (Lipinski definition) is 1. The zero-order chi connectivity index (χ0) is 20.6. The molecule has 9 heteroatoms. The van der Waals surface area contributed by atoms with Crippen molar-refractivity contribution in [3.63, 3.8) is 0 Å². The van der Waals surface area contributed by atoms with E-state index in [1.807, 2.05) is 0 Å². The fraction of sp³-hybridized carbons (Fsp3) is 0.211. The second-order valence-corrected chi connectivity index (χ2v) is 6.40. The third kappa shape index (κ3) is 3.88. The van der Waals surface area contributed by atoms with E-state index in [0.29, 0.717) is 16.8 Å². The molecule has 3 rings (SSSR count). The van der Waals surface area contributed by atoms with Crippen molar-refractivity contribution in [3.8, 4) is 0 Å². The lowest BCUT2D eigenvalue weighted by Crippen LogP contribution is -2.23. The molecule has 0 spiro atoms. The van der Waals surface area contributed by atoms with Crippen molar-refractivity contribution in [2.45, 2.75) is 27.3 Å². The second-order valence-electron chi connectivity index (χ2n) is 6.40. The minimum Gasteiger partial charge on any atom is -0.324 e. The Morgan fingerprint density at radius 1 is 0.929 bits per heavy atom. The minimum absolute atomic E-state index is 0.00477. The van der Waals surface area contributed by atoms with Gasteiger partial charge in [-0.1, -0.05) is 0 Å². The molecule has 0 radical (unpaired) electrons. The fourth-order valence-electron chi connectivity index (χ4n) is 2.62. The van der Waals surface area contributed by atoms with Crippen LogP contribution in [0.4, 0.5) is 29.2 Å². The van der Waals surface area contributed by atoms with Gasteiger partial charge in [0.1, 0.15) is 11.5 Å². The molecule has 0 unspecified atom stereocenters. The summed E-state index contributed by atoms with van der Waals surface area (Å²) in [4.78, 5) is 15.8. The van der Waals surface area contributed by atoms with E-state index in [4.69, 9.17) is 0 Å². The first kappa shape index (κ1) is 19.5. The smallest absolute Gasteiger partial charge is 0.296 e.